The second-order valence-corrected chi connectivity index (χ2v) is 6.77. The zero-order valence-electron chi connectivity index (χ0n) is 16.2. The van der Waals surface area contributed by atoms with E-state index in [4.69, 9.17) is 6.42 Å². The Hall–Kier alpha value is -3.39. The van der Waals surface area contributed by atoms with Gasteiger partial charge in [0.25, 0.3) is 11.5 Å². The summed E-state index contributed by atoms with van der Waals surface area (Å²) in [7, 11) is 0. The highest BCUT2D eigenvalue weighted by Gasteiger charge is 2.22. The van der Waals surface area contributed by atoms with E-state index >= 15 is 0 Å². The lowest BCUT2D eigenvalue weighted by Crippen LogP contribution is -2.34. The van der Waals surface area contributed by atoms with Crippen LogP contribution in [0.3, 0.4) is 0 Å². The van der Waals surface area contributed by atoms with E-state index in [2.05, 4.69) is 11.0 Å². The molecule has 0 spiro atoms. The summed E-state index contributed by atoms with van der Waals surface area (Å²) in [6, 6.07) is 15.0. The van der Waals surface area contributed by atoms with Crippen molar-refractivity contribution in [3.8, 4) is 12.3 Å². The van der Waals surface area contributed by atoms with Crippen molar-refractivity contribution < 1.29 is 4.79 Å². The van der Waals surface area contributed by atoms with Crippen LogP contribution < -0.4 is 5.56 Å². The minimum atomic E-state index is -0.278. The number of carbonyl (C=O) groups excluding carboxylic acids is 1. The maximum Gasteiger partial charge on any atom is 0.276 e. The molecule has 5 nitrogen and oxygen atoms in total. The van der Waals surface area contributed by atoms with E-state index in [0.717, 1.165) is 17.5 Å². The van der Waals surface area contributed by atoms with E-state index in [-0.39, 0.29) is 23.7 Å². The minimum Gasteiger partial charge on any atom is -0.322 e. The predicted octanol–water partition coefficient (Wildman–Crippen LogP) is 3.39. The summed E-state index contributed by atoms with van der Waals surface area (Å²) in [5.41, 5.74) is 2.21. The highest BCUT2D eigenvalue weighted by Crippen LogP contribution is 2.17. The normalized spacial score (nSPS) is 10.6. The van der Waals surface area contributed by atoms with Gasteiger partial charge in [0, 0.05) is 18.5 Å². The molecule has 0 aliphatic heterocycles. The van der Waals surface area contributed by atoms with Gasteiger partial charge in [-0.2, -0.15) is 5.10 Å². The third-order valence-electron chi connectivity index (χ3n) is 4.57. The Bertz CT molecular complexity index is 1090. The molecular weight excluding hydrogens is 350 g/mol. The number of hydrogen-bond acceptors (Lipinski definition) is 3. The molecule has 1 aromatic heterocycles. The summed E-state index contributed by atoms with van der Waals surface area (Å²) < 4.78 is 1.37. The first kappa shape index (κ1) is 19.4. The van der Waals surface area contributed by atoms with Crippen LogP contribution in [0.4, 0.5) is 0 Å². The summed E-state index contributed by atoms with van der Waals surface area (Å²) in [5.74, 6) is 2.28. The van der Waals surface area contributed by atoms with Gasteiger partial charge in [0.2, 0.25) is 0 Å². The molecule has 1 amide bonds. The van der Waals surface area contributed by atoms with Crippen LogP contribution >= 0.6 is 0 Å². The van der Waals surface area contributed by atoms with Gasteiger partial charge in [-0.1, -0.05) is 60.9 Å². The summed E-state index contributed by atoms with van der Waals surface area (Å²) >= 11 is 0. The van der Waals surface area contributed by atoms with Crippen molar-refractivity contribution in [1.29, 1.82) is 0 Å². The number of fused-ring (bicyclic) bond motifs is 1. The average Bonchev–Trinajstić information content (AvgIpc) is 2.71. The number of rotatable bonds is 6. The lowest BCUT2D eigenvalue weighted by molar-refractivity contribution is 0.0759. The zero-order chi connectivity index (χ0) is 20.1. The largest absolute Gasteiger partial charge is 0.322 e. The van der Waals surface area contributed by atoms with Crippen molar-refractivity contribution in [1.82, 2.24) is 14.7 Å². The molecule has 3 aromatic rings. The van der Waals surface area contributed by atoms with Crippen LogP contribution in [0.1, 0.15) is 35.0 Å². The first-order valence-electron chi connectivity index (χ1n) is 9.33. The standard InChI is InChI=1S/C23H23N3O2/c1-4-14-25(16-18-12-10-17(3)11-13-18)23(28)21-19-8-6-7-9-20(19)22(27)26(24-21)15-5-2/h1,6-13H,5,14-16H2,2-3H3. The van der Waals surface area contributed by atoms with E-state index in [9.17, 15) is 9.59 Å². The molecule has 0 aliphatic rings. The van der Waals surface area contributed by atoms with E-state index in [1.165, 1.54) is 4.68 Å². The third-order valence-corrected chi connectivity index (χ3v) is 4.57. The van der Waals surface area contributed by atoms with Gasteiger partial charge >= 0.3 is 0 Å². The van der Waals surface area contributed by atoms with Gasteiger partial charge < -0.3 is 4.90 Å². The Labute approximate surface area is 164 Å². The number of aromatic nitrogens is 2. The average molecular weight is 373 g/mol. The molecule has 0 fully saturated rings. The molecular formula is C23H23N3O2. The van der Waals surface area contributed by atoms with Crippen LogP contribution in [0.2, 0.25) is 0 Å². The van der Waals surface area contributed by atoms with Crippen LogP contribution in [-0.4, -0.2) is 27.1 Å². The highest BCUT2D eigenvalue weighted by atomic mass is 16.2. The second kappa shape index (κ2) is 8.53. The number of amides is 1. The monoisotopic (exact) mass is 373 g/mol. The Morgan fingerprint density at radius 1 is 1.14 bits per heavy atom. The van der Waals surface area contributed by atoms with Gasteiger partial charge in [-0.05, 0) is 25.0 Å². The van der Waals surface area contributed by atoms with Crippen molar-refractivity contribution in [2.45, 2.75) is 33.4 Å². The Morgan fingerprint density at radius 3 is 2.46 bits per heavy atom. The van der Waals surface area contributed by atoms with Gasteiger partial charge in [-0.15, -0.1) is 6.42 Å². The van der Waals surface area contributed by atoms with Crippen molar-refractivity contribution in [3.63, 3.8) is 0 Å². The van der Waals surface area contributed by atoms with Crippen molar-refractivity contribution >= 4 is 16.7 Å². The van der Waals surface area contributed by atoms with Crippen molar-refractivity contribution in [2.24, 2.45) is 0 Å². The molecule has 0 unspecified atom stereocenters. The lowest BCUT2D eigenvalue weighted by atomic mass is 10.1. The molecule has 0 N–H and O–H groups in total. The quantitative estimate of drug-likeness (QED) is 0.623. The number of nitrogens with zero attached hydrogens (tertiary/aromatic N) is 3. The fourth-order valence-corrected chi connectivity index (χ4v) is 3.13. The zero-order valence-corrected chi connectivity index (χ0v) is 16.2. The van der Waals surface area contributed by atoms with Gasteiger partial charge in [-0.25, -0.2) is 4.68 Å². The van der Waals surface area contributed by atoms with Gasteiger partial charge in [-0.3, -0.25) is 9.59 Å². The Balaban J connectivity index is 2.06. The fraction of sp³-hybridized carbons (Fsp3) is 0.261. The molecule has 5 heteroatoms. The molecule has 0 saturated carbocycles. The highest BCUT2D eigenvalue weighted by molar-refractivity contribution is 6.04. The van der Waals surface area contributed by atoms with Crippen LogP contribution in [0.15, 0.2) is 53.3 Å². The van der Waals surface area contributed by atoms with Crippen molar-refractivity contribution in [3.05, 3.63) is 75.7 Å². The fourth-order valence-electron chi connectivity index (χ4n) is 3.13. The molecule has 0 aliphatic carbocycles. The van der Waals surface area contributed by atoms with Crippen LogP contribution in [-0.2, 0) is 13.1 Å². The number of aryl methyl sites for hydroxylation is 2. The molecule has 2 aromatic carbocycles. The smallest absolute Gasteiger partial charge is 0.276 e. The topological polar surface area (TPSA) is 55.2 Å². The molecule has 1 heterocycles. The van der Waals surface area contributed by atoms with Crippen LogP contribution in [0, 0.1) is 19.3 Å². The summed E-state index contributed by atoms with van der Waals surface area (Å²) in [6.45, 7) is 4.98. The maximum atomic E-state index is 13.3. The lowest BCUT2D eigenvalue weighted by Gasteiger charge is -2.21. The van der Waals surface area contributed by atoms with Crippen molar-refractivity contribution in [2.75, 3.05) is 6.54 Å². The number of benzene rings is 2. The first-order chi connectivity index (χ1) is 13.5. The van der Waals surface area contributed by atoms with Gasteiger partial charge in [0.15, 0.2) is 5.69 Å². The predicted molar refractivity (Wildman–Crippen MR) is 111 cm³/mol. The summed E-state index contributed by atoms with van der Waals surface area (Å²) in [4.78, 5) is 27.6. The second-order valence-electron chi connectivity index (χ2n) is 6.77. The van der Waals surface area contributed by atoms with E-state index in [0.29, 0.717) is 23.9 Å². The molecule has 0 saturated heterocycles. The third kappa shape index (κ3) is 3.96. The molecule has 0 atom stereocenters. The van der Waals surface area contributed by atoms with Gasteiger partial charge in [0.05, 0.1) is 11.9 Å². The van der Waals surface area contributed by atoms with E-state index in [1.807, 2.05) is 38.1 Å². The van der Waals surface area contributed by atoms with Crippen LogP contribution in [0.5, 0.6) is 0 Å². The Kier molecular flexibility index (Phi) is 5.90. The molecule has 3 rings (SSSR count). The summed E-state index contributed by atoms with van der Waals surface area (Å²) in [5, 5.41) is 5.44. The maximum absolute atomic E-state index is 13.3. The van der Waals surface area contributed by atoms with Gasteiger partial charge in [0.1, 0.15) is 0 Å². The SMILES string of the molecule is C#CCN(Cc1ccc(C)cc1)C(=O)c1nn(CCC)c(=O)c2ccccc12. The molecule has 28 heavy (non-hydrogen) atoms. The first-order valence-corrected chi connectivity index (χ1v) is 9.33. The number of carbonyl (C=O) groups is 1. The number of terminal acetylenes is 1. The van der Waals surface area contributed by atoms with Crippen LogP contribution in [0.25, 0.3) is 10.8 Å². The number of hydrogen-bond donors (Lipinski definition) is 0. The Morgan fingerprint density at radius 2 is 1.82 bits per heavy atom. The van der Waals surface area contributed by atoms with E-state index in [1.54, 1.807) is 29.2 Å². The molecule has 0 radical (unpaired) electrons. The summed E-state index contributed by atoms with van der Waals surface area (Å²) in [6.07, 6.45) is 6.26. The van der Waals surface area contributed by atoms with E-state index < -0.39 is 0 Å². The molecule has 142 valence electrons. The minimum absolute atomic E-state index is 0.162. The molecule has 0 bridgehead atoms.